The second kappa shape index (κ2) is 4.91. The maximum absolute atomic E-state index is 12.1. The number of carbonyl (C=O) groups is 1. The molecule has 0 aliphatic rings. The molecule has 1 aromatic heterocycles. The first kappa shape index (κ1) is 12.2. The Morgan fingerprint density at radius 3 is 2.72 bits per heavy atom. The zero-order chi connectivity index (χ0) is 13.1. The molecule has 0 aliphatic carbocycles. The number of nitrogens with one attached hydrogen (secondary N) is 1. The van der Waals surface area contributed by atoms with Crippen LogP contribution in [-0.2, 0) is 0 Å². The van der Waals surface area contributed by atoms with Gasteiger partial charge in [0.1, 0.15) is 11.4 Å². The largest absolute Gasteiger partial charge is 0.508 e. The van der Waals surface area contributed by atoms with E-state index in [1.165, 1.54) is 6.20 Å². The second-order valence-electron chi connectivity index (χ2n) is 4.12. The number of phenolic OH excluding ortho intramolecular Hbond substituents is 1. The van der Waals surface area contributed by atoms with Gasteiger partial charge in [0.2, 0.25) is 0 Å². The van der Waals surface area contributed by atoms with Crippen molar-refractivity contribution in [1.29, 1.82) is 0 Å². The van der Waals surface area contributed by atoms with Crippen LogP contribution in [0.25, 0.3) is 0 Å². The molecule has 0 radical (unpaired) electrons. The van der Waals surface area contributed by atoms with Crippen LogP contribution in [-0.4, -0.2) is 33.2 Å². The molecular weight excluding hydrogens is 230 g/mol. The van der Waals surface area contributed by atoms with Crippen molar-refractivity contribution >= 4 is 5.91 Å². The highest BCUT2D eigenvalue weighted by atomic mass is 16.3. The average molecular weight is 245 g/mol. The summed E-state index contributed by atoms with van der Waals surface area (Å²) in [5.74, 6) is 0.0255. The number of H-pyrrole nitrogens is 1. The minimum Gasteiger partial charge on any atom is -0.508 e. The Bertz CT molecular complexity index is 537. The number of nitrogens with zero attached hydrogens (tertiary/aromatic N) is 2. The van der Waals surface area contributed by atoms with Crippen molar-refractivity contribution in [3.63, 3.8) is 0 Å². The van der Waals surface area contributed by atoms with Crippen molar-refractivity contribution in [2.24, 2.45) is 0 Å². The normalized spacial score (nSPS) is 12.1. The van der Waals surface area contributed by atoms with Crippen LogP contribution < -0.4 is 0 Å². The van der Waals surface area contributed by atoms with Crippen LogP contribution in [0.5, 0.6) is 5.75 Å². The molecule has 0 spiro atoms. The van der Waals surface area contributed by atoms with Gasteiger partial charge in [-0.15, -0.1) is 0 Å². The number of aromatic hydroxyl groups is 1. The van der Waals surface area contributed by atoms with Gasteiger partial charge in [-0.2, -0.15) is 5.10 Å². The summed E-state index contributed by atoms with van der Waals surface area (Å²) in [5.41, 5.74) is 1.15. The molecule has 1 heterocycles. The van der Waals surface area contributed by atoms with Gasteiger partial charge in [-0.05, 0) is 19.1 Å². The third-order valence-electron chi connectivity index (χ3n) is 3.02. The minimum atomic E-state index is -0.220. The summed E-state index contributed by atoms with van der Waals surface area (Å²) in [6, 6.07) is 8.40. The number of aromatic amines is 1. The predicted molar refractivity (Wildman–Crippen MR) is 67.2 cm³/mol. The monoisotopic (exact) mass is 245 g/mol. The topological polar surface area (TPSA) is 69.2 Å². The SMILES string of the molecule is CC(c1ccccc1O)N(C)C(=O)c1ccn[nH]1. The second-order valence-corrected chi connectivity index (χ2v) is 4.12. The lowest BCUT2D eigenvalue weighted by Crippen LogP contribution is -2.30. The number of hydrogen-bond donors (Lipinski definition) is 2. The molecule has 1 unspecified atom stereocenters. The van der Waals surface area contributed by atoms with E-state index in [-0.39, 0.29) is 17.7 Å². The molecule has 0 aliphatic heterocycles. The van der Waals surface area contributed by atoms with E-state index in [9.17, 15) is 9.90 Å². The van der Waals surface area contributed by atoms with Crippen molar-refractivity contribution in [3.8, 4) is 5.75 Å². The number of para-hydroxylation sites is 1. The summed E-state index contributed by atoms with van der Waals surface area (Å²) in [6.45, 7) is 1.86. The number of aromatic nitrogens is 2. The molecule has 94 valence electrons. The summed E-state index contributed by atoms with van der Waals surface area (Å²) < 4.78 is 0. The van der Waals surface area contributed by atoms with Gasteiger partial charge in [-0.1, -0.05) is 18.2 Å². The number of benzene rings is 1. The summed E-state index contributed by atoms with van der Waals surface area (Å²) >= 11 is 0. The van der Waals surface area contributed by atoms with Gasteiger partial charge >= 0.3 is 0 Å². The van der Waals surface area contributed by atoms with Gasteiger partial charge in [0.25, 0.3) is 5.91 Å². The van der Waals surface area contributed by atoms with Crippen LogP contribution >= 0.6 is 0 Å². The maximum atomic E-state index is 12.1. The summed E-state index contributed by atoms with van der Waals surface area (Å²) in [4.78, 5) is 13.7. The predicted octanol–water partition coefficient (Wildman–Crippen LogP) is 1.95. The highest BCUT2D eigenvalue weighted by Gasteiger charge is 2.21. The lowest BCUT2D eigenvalue weighted by molar-refractivity contribution is 0.0735. The van der Waals surface area contributed by atoms with E-state index in [1.807, 2.05) is 13.0 Å². The van der Waals surface area contributed by atoms with Gasteiger partial charge in [-0.3, -0.25) is 9.89 Å². The van der Waals surface area contributed by atoms with Gasteiger partial charge in [0, 0.05) is 18.8 Å². The first-order valence-electron chi connectivity index (χ1n) is 5.65. The van der Waals surface area contributed by atoms with Crippen LogP contribution in [0.1, 0.15) is 29.0 Å². The van der Waals surface area contributed by atoms with E-state index in [0.29, 0.717) is 11.3 Å². The van der Waals surface area contributed by atoms with Crippen LogP contribution in [0.3, 0.4) is 0 Å². The highest BCUT2D eigenvalue weighted by Crippen LogP contribution is 2.27. The fraction of sp³-hybridized carbons (Fsp3) is 0.231. The fourth-order valence-corrected chi connectivity index (χ4v) is 1.79. The van der Waals surface area contributed by atoms with E-state index < -0.39 is 0 Å². The standard InChI is InChI=1S/C13H15N3O2/c1-9(10-5-3-4-6-12(10)17)16(2)13(18)11-7-8-14-15-11/h3-9,17H,1-2H3,(H,14,15). The third-order valence-corrected chi connectivity index (χ3v) is 3.02. The first-order chi connectivity index (χ1) is 8.61. The third kappa shape index (κ3) is 2.20. The molecule has 1 amide bonds. The molecule has 0 fully saturated rings. The molecule has 0 saturated carbocycles. The molecule has 5 nitrogen and oxygen atoms in total. The van der Waals surface area contributed by atoms with Crippen molar-refractivity contribution < 1.29 is 9.90 Å². The first-order valence-corrected chi connectivity index (χ1v) is 5.65. The van der Waals surface area contributed by atoms with E-state index in [4.69, 9.17) is 0 Å². The molecule has 18 heavy (non-hydrogen) atoms. The lowest BCUT2D eigenvalue weighted by atomic mass is 10.1. The molecule has 1 aromatic carbocycles. The number of phenols is 1. The van der Waals surface area contributed by atoms with E-state index in [0.717, 1.165) is 0 Å². The Balaban J connectivity index is 2.22. The van der Waals surface area contributed by atoms with E-state index in [2.05, 4.69) is 10.2 Å². The van der Waals surface area contributed by atoms with Gasteiger partial charge in [0.15, 0.2) is 0 Å². The zero-order valence-corrected chi connectivity index (χ0v) is 10.3. The van der Waals surface area contributed by atoms with Gasteiger partial charge in [-0.25, -0.2) is 0 Å². The van der Waals surface area contributed by atoms with Crippen LogP contribution in [0.2, 0.25) is 0 Å². The fourth-order valence-electron chi connectivity index (χ4n) is 1.79. The summed E-state index contributed by atoms with van der Waals surface area (Å²) in [6.07, 6.45) is 1.53. The lowest BCUT2D eigenvalue weighted by Gasteiger charge is -2.25. The molecule has 2 N–H and O–H groups in total. The van der Waals surface area contributed by atoms with Gasteiger partial charge in [0.05, 0.1) is 6.04 Å². The molecule has 1 atom stereocenters. The Morgan fingerprint density at radius 2 is 2.11 bits per heavy atom. The average Bonchev–Trinajstić information content (AvgIpc) is 2.90. The summed E-state index contributed by atoms with van der Waals surface area (Å²) in [7, 11) is 1.69. The minimum absolute atomic E-state index is 0.164. The van der Waals surface area contributed by atoms with E-state index >= 15 is 0 Å². The molecule has 2 aromatic rings. The van der Waals surface area contributed by atoms with Crippen molar-refractivity contribution in [3.05, 3.63) is 47.8 Å². The van der Waals surface area contributed by atoms with E-state index in [1.54, 1.807) is 36.2 Å². The van der Waals surface area contributed by atoms with Crippen molar-refractivity contribution in [2.45, 2.75) is 13.0 Å². The van der Waals surface area contributed by atoms with Crippen LogP contribution in [0.15, 0.2) is 36.5 Å². The van der Waals surface area contributed by atoms with Crippen LogP contribution in [0.4, 0.5) is 0 Å². The Labute approximate surface area is 105 Å². The van der Waals surface area contributed by atoms with Crippen molar-refractivity contribution in [2.75, 3.05) is 7.05 Å². The Hall–Kier alpha value is -2.30. The smallest absolute Gasteiger partial charge is 0.272 e. The maximum Gasteiger partial charge on any atom is 0.272 e. The molecular formula is C13H15N3O2. The number of rotatable bonds is 3. The Kier molecular flexibility index (Phi) is 3.32. The number of hydrogen-bond acceptors (Lipinski definition) is 3. The number of amides is 1. The molecule has 5 heteroatoms. The van der Waals surface area contributed by atoms with Gasteiger partial charge < -0.3 is 10.0 Å². The molecule has 2 rings (SSSR count). The van der Waals surface area contributed by atoms with Crippen LogP contribution in [0, 0.1) is 0 Å². The summed E-state index contributed by atoms with van der Waals surface area (Å²) in [5, 5.41) is 16.2. The molecule has 0 bridgehead atoms. The molecule has 0 saturated heterocycles. The number of carbonyl (C=O) groups excluding carboxylic acids is 1. The highest BCUT2D eigenvalue weighted by molar-refractivity contribution is 5.92. The Morgan fingerprint density at radius 1 is 1.39 bits per heavy atom. The quantitative estimate of drug-likeness (QED) is 0.868. The van der Waals surface area contributed by atoms with Crippen molar-refractivity contribution in [1.82, 2.24) is 15.1 Å². The zero-order valence-electron chi connectivity index (χ0n) is 10.3.